The summed E-state index contributed by atoms with van der Waals surface area (Å²) in [6.45, 7) is 0. The van der Waals surface area contributed by atoms with E-state index in [1.807, 2.05) is 0 Å². The molecule has 0 saturated carbocycles. The maximum atomic E-state index is 10.6. The van der Waals surface area contributed by atoms with Gasteiger partial charge in [0, 0.05) is 17.7 Å². The molecule has 0 fully saturated rings. The largest absolute Gasteiger partial charge is 0.311 e. The summed E-state index contributed by atoms with van der Waals surface area (Å²) in [5.41, 5.74) is 5.07. The van der Waals surface area contributed by atoms with E-state index in [4.69, 9.17) is 5.73 Å². The van der Waals surface area contributed by atoms with Crippen LogP contribution in [0.4, 0.5) is 0 Å². The Morgan fingerprint density at radius 3 is 3.08 bits per heavy atom. The Kier molecular flexibility index (Phi) is 1.40. The van der Waals surface area contributed by atoms with Crippen molar-refractivity contribution in [3.05, 3.63) is 33.9 Å². The fraction of sp³-hybridized carbons (Fsp3) is 0.143. The Morgan fingerprint density at radius 1 is 1.62 bits per heavy atom. The predicted molar refractivity (Wildman–Crippen MR) is 47.1 cm³/mol. The average molecular weight is 178 g/mol. The maximum Gasteiger partial charge on any atom is 0.311 e. The average Bonchev–Trinajstić information content (AvgIpc) is 2.50. The third-order valence-corrected chi connectivity index (χ3v) is 1.87. The molecule has 0 aromatic carbocycles. The Morgan fingerprint density at radius 2 is 2.38 bits per heavy atom. The van der Waals surface area contributed by atoms with E-state index in [1.165, 1.54) is 24.4 Å². The highest BCUT2D eigenvalue weighted by Gasteiger charge is 2.36. The third-order valence-electron chi connectivity index (χ3n) is 1.87. The van der Waals surface area contributed by atoms with Crippen LogP contribution in [-0.4, -0.2) is 22.5 Å². The molecule has 66 valence electrons. The fourth-order valence-electron chi connectivity index (χ4n) is 1.14. The van der Waals surface area contributed by atoms with Gasteiger partial charge in [-0.2, -0.15) is 10.2 Å². The van der Waals surface area contributed by atoms with E-state index in [1.54, 1.807) is 0 Å². The van der Waals surface area contributed by atoms with Crippen LogP contribution >= 0.6 is 0 Å². The second-order valence-electron chi connectivity index (χ2n) is 2.81. The van der Waals surface area contributed by atoms with E-state index < -0.39 is 10.6 Å². The number of nitrogens with zero attached hydrogens (tertiary/aromatic N) is 3. The molecule has 1 aliphatic heterocycles. The van der Waals surface area contributed by atoms with Crippen molar-refractivity contribution in [1.82, 2.24) is 0 Å². The van der Waals surface area contributed by atoms with Gasteiger partial charge >= 0.3 is 5.66 Å². The van der Waals surface area contributed by atoms with Crippen molar-refractivity contribution in [2.45, 2.75) is 5.66 Å². The molecule has 0 radical (unpaired) electrons. The van der Waals surface area contributed by atoms with E-state index in [9.17, 15) is 10.1 Å². The van der Waals surface area contributed by atoms with Gasteiger partial charge in [-0.25, -0.2) is 0 Å². The highest BCUT2D eigenvalue weighted by atomic mass is 16.6. The van der Waals surface area contributed by atoms with Gasteiger partial charge in [0.2, 0.25) is 0 Å². The molecule has 6 nitrogen and oxygen atoms in total. The Bertz CT molecular complexity index is 393. The molecule has 2 aliphatic rings. The zero-order valence-electron chi connectivity index (χ0n) is 6.54. The lowest BCUT2D eigenvalue weighted by Gasteiger charge is -2.15. The number of hydrogen-bond acceptors (Lipinski definition) is 5. The number of nitro groups is 1. The SMILES string of the molecule is NC1([N+](=O)[O-])C=CC2=NN=CC2=C1. The van der Waals surface area contributed by atoms with Gasteiger partial charge < -0.3 is 0 Å². The summed E-state index contributed by atoms with van der Waals surface area (Å²) in [6.07, 6.45) is 5.58. The van der Waals surface area contributed by atoms with Gasteiger partial charge in [-0.15, -0.1) is 0 Å². The number of nitrogens with two attached hydrogens (primary N) is 1. The Hall–Kier alpha value is -1.82. The van der Waals surface area contributed by atoms with Gasteiger partial charge in [-0.05, 0) is 6.08 Å². The van der Waals surface area contributed by atoms with E-state index >= 15 is 0 Å². The quantitative estimate of drug-likeness (QED) is 0.344. The molecule has 1 atom stereocenters. The van der Waals surface area contributed by atoms with Crippen LogP contribution in [0.2, 0.25) is 0 Å². The minimum absolute atomic E-state index is 0.556. The smallest absolute Gasteiger partial charge is 0.262 e. The summed E-state index contributed by atoms with van der Waals surface area (Å²) in [6, 6.07) is 0. The van der Waals surface area contributed by atoms with E-state index in [0.717, 1.165) is 0 Å². The second-order valence-corrected chi connectivity index (χ2v) is 2.81. The molecule has 0 aromatic heterocycles. The molecule has 0 saturated heterocycles. The lowest BCUT2D eigenvalue weighted by Crippen LogP contribution is -2.45. The van der Waals surface area contributed by atoms with Crippen LogP contribution in [0.5, 0.6) is 0 Å². The molecule has 1 unspecified atom stereocenters. The number of rotatable bonds is 1. The van der Waals surface area contributed by atoms with Gasteiger partial charge in [0.25, 0.3) is 0 Å². The molecule has 2 N–H and O–H groups in total. The number of allylic oxidation sites excluding steroid dienone is 2. The van der Waals surface area contributed by atoms with Crippen LogP contribution in [0.1, 0.15) is 0 Å². The van der Waals surface area contributed by atoms with E-state index in [2.05, 4.69) is 10.2 Å². The predicted octanol–water partition coefficient (Wildman–Crippen LogP) is -0.145. The summed E-state index contributed by atoms with van der Waals surface area (Å²) < 4.78 is 0. The van der Waals surface area contributed by atoms with Gasteiger partial charge in [-0.1, -0.05) is 0 Å². The minimum atomic E-state index is -1.62. The second kappa shape index (κ2) is 2.33. The molecule has 0 amide bonds. The van der Waals surface area contributed by atoms with Crippen molar-refractivity contribution >= 4 is 11.9 Å². The zero-order valence-corrected chi connectivity index (χ0v) is 6.54. The van der Waals surface area contributed by atoms with Crippen molar-refractivity contribution < 1.29 is 4.92 Å². The monoisotopic (exact) mass is 178 g/mol. The number of hydrogen-bond donors (Lipinski definition) is 1. The fourth-order valence-corrected chi connectivity index (χ4v) is 1.14. The molecule has 1 aliphatic carbocycles. The third kappa shape index (κ3) is 1.07. The van der Waals surface area contributed by atoms with E-state index in [0.29, 0.717) is 11.3 Å². The highest BCUT2D eigenvalue weighted by molar-refractivity contribution is 6.24. The van der Waals surface area contributed by atoms with Gasteiger partial charge in [-0.3, -0.25) is 15.8 Å². The van der Waals surface area contributed by atoms with Crippen molar-refractivity contribution in [2.75, 3.05) is 0 Å². The molecular weight excluding hydrogens is 172 g/mol. The normalized spacial score (nSPS) is 29.6. The first kappa shape index (κ1) is 7.81. The molecule has 1 heterocycles. The number of fused-ring (bicyclic) bond motifs is 1. The Balaban J connectivity index is 2.45. The standard InChI is InChI=1S/C7H6N4O2/c8-7(11(12)13)2-1-6-5(3-7)4-9-10-6/h1-4H,8H2. The summed E-state index contributed by atoms with van der Waals surface area (Å²) in [5.74, 6) is 0. The summed E-state index contributed by atoms with van der Waals surface area (Å²) in [5, 5.41) is 17.9. The van der Waals surface area contributed by atoms with E-state index in [-0.39, 0.29) is 0 Å². The first-order chi connectivity index (χ1) is 6.12. The van der Waals surface area contributed by atoms with Crippen LogP contribution < -0.4 is 5.73 Å². The molecule has 0 bridgehead atoms. The van der Waals surface area contributed by atoms with Crippen LogP contribution in [0.25, 0.3) is 0 Å². The molecule has 0 aromatic rings. The maximum absolute atomic E-state index is 10.6. The van der Waals surface area contributed by atoms with Crippen LogP contribution in [0.15, 0.2) is 34.0 Å². The van der Waals surface area contributed by atoms with Crippen molar-refractivity contribution in [2.24, 2.45) is 15.9 Å². The van der Waals surface area contributed by atoms with Gasteiger partial charge in [0.15, 0.2) is 0 Å². The first-order valence-electron chi connectivity index (χ1n) is 3.59. The minimum Gasteiger partial charge on any atom is -0.262 e. The first-order valence-corrected chi connectivity index (χ1v) is 3.59. The molecular formula is C7H6N4O2. The van der Waals surface area contributed by atoms with Crippen LogP contribution in [0, 0.1) is 10.1 Å². The van der Waals surface area contributed by atoms with Gasteiger partial charge in [0.1, 0.15) is 0 Å². The summed E-state index contributed by atoms with van der Waals surface area (Å²) >= 11 is 0. The molecule has 6 heteroatoms. The molecule has 0 spiro atoms. The lowest BCUT2D eigenvalue weighted by atomic mass is 9.98. The molecule has 2 rings (SSSR count). The van der Waals surface area contributed by atoms with Crippen LogP contribution in [-0.2, 0) is 0 Å². The van der Waals surface area contributed by atoms with Crippen molar-refractivity contribution in [1.29, 1.82) is 0 Å². The van der Waals surface area contributed by atoms with Crippen molar-refractivity contribution in [3.63, 3.8) is 0 Å². The highest BCUT2D eigenvalue weighted by Crippen LogP contribution is 2.18. The van der Waals surface area contributed by atoms with Crippen LogP contribution in [0.3, 0.4) is 0 Å². The zero-order chi connectivity index (χ0) is 9.47. The summed E-state index contributed by atoms with van der Waals surface area (Å²) in [7, 11) is 0. The topological polar surface area (TPSA) is 93.9 Å². The Labute approximate surface area is 73.3 Å². The van der Waals surface area contributed by atoms with Gasteiger partial charge in [0.05, 0.1) is 16.8 Å². The molecule has 13 heavy (non-hydrogen) atoms. The van der Waals surface area contributed by atoms with Crippen molar-refractivity contribution in [3.8, 4) is 0 Å². The summed E-state index contributed by atoms with van der Waals surface area (Å²) in [4.78, 5) is 10.0. The lowest BCUT2D eigenvalue weighted by molar-refractivity contribution is -0.539.